The van der Waals surface area contributed by atoms with Gasteiger partial charge in [0, 0.05) is 12.8 Å². The van der Waals surface area contributed by atoms with Crippen LogP contribution in [0.4, 0.5) is 0 Å². The Bertz CT molecular complexity index is 164. The zero-order chi connectivity index (χ0) is 11.7. The van der Waals surface area contributed by atoms with Crippen molar-refractivity contribution in [2.24, 2.45) is 5.92 Å². The smallest absolute Gasteiger partial charge is 0.135 e. The van der Waals surface area contributed by atoms with E-state index in [4.69, 9.17) is 9.47 Å². The van der Waals surface area contributed by atoms with Crippen LogP contribution in [0.5, 0.6) is 0 Å². The van der Waals surface area contributed by atoms with E-state index in [0.717, 1.165) is 0 Å². The fraction of sp³-hybridized carbons (Fsp3) is 0.917. The Morgan fingerprint density at radius 3 is 2.27 bits per heavy atom. The van der Waals surface area contributed by atoms with Crippen molar-refractivity contribution in [2.75, 3.05) is 19.8 Å². The maximum atomic E-state index is 11.3. The van der Waals surface area contributed by atoms with Gasteiger partial charge >= 0.3 is 0 Å². The summed E-state index contributed by atoms with van der Waals surface area (Å²) in [7, 11) is 0. The number of hydrogen-bond acceptors (Lipinski definition) is 3. The quantitative estimate of drug-likeness (QED) is 0.555. The highest BCUT2D eigenvalue weighted by Crippen LogP contribution is 2.02. The second-order valence-corrected chi connectivity index (χ2v) is 4.42. The van der Waals surface area contributed by atoms with Gasteiger partial charge in [-0.2, -0.15) is 0 Å². The molecule has 0 radical (unpaired) electrons. The molecule has 0 aromatic carbocycles. The topological polar surface area (TPSA) is 35.5 Å². The van der Waals surface area contributed by atoms with Gasteiger partial charge in [-0.3, -0.25) is 4.79 Å². The van der Waals surface area contributed by atoms with E-state index in [-0.39, 0.29) is 11.9 Å². The number of carbonyl (C=O) groups is 1. The molecule has 0 N–H and O–H groups in total. The number of ether oxygens (including phenoxy) is 2. The highest BCUT2D eigenvalue weighted by molar-refractivity contribution is 5.78. The van der Waals surface area contributed by atoms with E-state index in [0.29, 0.717) is 38.6 Å². The Morgan fingerprint density at radius 1 is 1.07 bits per heavy atom. The van der Waals surface area contributed by atoms with Gasteiger partial charge in [0.05, 0.1) is 25.9 Å². The van der Waals surface area contributed by atoms with Gasteiger partial charge in [-0.05, 0) is 19.8 Å². The van der Waals surface area contributed by atoms with Crippen molar-refractivity contribution in [3.8, 4) is 0 Å². The first-order valence-corrected chi connectivity index (χ1v) is 5.73. The van der Waals surface area contributed by atoms with E-state index in [1.807, 2.05) is 13.8 Å². The van der Waals surface area contributed by atoms with Gasteiger partial charge in [0.2, 0.25) is 0 Å². The van der Waals surface area contributed by atoms with Crippen LogP contribution in [0.2, 0.25) is 0 Å². The molecule has 0 saturated heterocycles. The van der Waals surface area contributed by atoms with Crippen LogP contribution in [0.25, 0.3) is 0 Å². The van der Waals surface area contributed by atoms with Crippen molar-refractivity contribution in [1.29, 1.82) is 0 Å². The summed E-state index contributed by atoms with van der Waals surface area (Å²) >= 11 is 0. The average molecular weight is 216 g/mol. The molecule has 0 aromatic rings. The normalized spacial score (nSPS) is 11.3. The van der Waals surface area contributed by atoms with Crippen LogP contribution in [-0.4, -0.2) is 31.7 Å². The molecule has 0 heterocycles. The fourth-order valence-corrected chi connectivity index (χ4v) is 1.19. The average Bonchev–Trinajstić information content (AvgIpc) is 2.09. The van der Waals surface area contributed by atoms with Crippen LogP contribution in [0, 0.1) is 5.92 Å². The minimum absolute atomic E-state index is 0.246. The van der Waals surface area contributed by atoms with Crippen LogP contribution >= 0.6 is 0 Å². The number of hydrogen-bond donors (Lipinski definition) is 0. The van der Waals surface area contributed by atoms with Gasteiger partial charge in [-0.25, -0.2) is 0 Å². The molecule has 3 heteroatoms. The van der Waals surface area contributed by atoms with Crippen molar-refractivity contribution in [1.82, 2.24) is 0 Å². The predicted octanol–water partition coefficient (Wildman–Crippen LogP) is 2.43. The van der Waals surface area contributed by atoms with Crippen molar-refractivity contribution < 1.29 is 14.3 Å². The Morgan fingerprint density at radius 2 is 1.73 bits per heavy atom. The molecule has 0 aromatic heterocycles. The molecular weight excluding hydrogens is 192 g/mol. The van der Waals surface area contributed by atoms with E-state index in [9.17, 15) is 4.79 Å². The van der Waals surface area contributed by atoms with Gasteiger partial charge in [-0.1, -0.05) is 13.8 Å². The van der Waals surface area contributed by atoms with Crippen LogP contribution in [0.1, 0.15) is 40.5 Å². The molecule has 15 heavy (non-hydrogen) atoms. The molecule has 0 aliphatic carbocycles. The lowest BCUT2D eigenvalue weighted by molar-refractivity contribution is -0.121. The number of rotatable bonds is 9. The first-order valence-electron chi connectivity index (χ1n) is 5.73. The van der Waals surface area contributed by atoms with Crippen LogP contribution in [-0.2, 0) is 14.3 Å². The van der Waals surface area contributed by atoms with Crippen molar-refractivity contribution in [3.63, 3.8) is 0 Å². The lowest BCUT2D eigenvalue weighted by atomic mass is 10.1. The first-order chi connectivity index (χ1) is 7.02. The molecule has 0 aliphatic rings. The summed E-state index contributed by atoms with van der Waals surface area (Å²) < 4.78 is 10.6. The lowest BCUT2D eigenvalue weighted by Crippen LogP contribution is -2.12. The Hall–Kier alpha value is -0.410. The number of ketones is 1. The Kier molecular flexibility index (Phi) is 8.62. The Labute approximate surface area is 93.1 Å². The standard InChI is InChI=1S/C12H24O3/c1-10(2)9-12(13)5-6-14-7-8-15-11(3)4/h10-11H,5-9H2,1-4H3. The van der Waals surface area contributed by atoms with Crippen LogP contribution in [0.3, 0.4) is 0 Å². The summed E-state index contributed by atoms with van der Waals surface area (Å²) in [6.45, 7) is 9.79. The minimum Gasteiger partial charge on any atom is -0.379 e. The maximum Gasteiger partial charge on any atom is 0.135 e. The summed E-state index contributed by atoms with van der Waals surface area (Å²) in [6.07, 6.45) is 1.43. The van der Waals surface area contributed by atoms with E-state index in [1.54, 1.807) is 0 Å². The van der Waals surface area contributed by atoms with Gasteiger partial charge in [0.15, 0.2) is 0 Å². The third kappa shape index (κ3) is 11.5. The van der Waals surface area contributed by atoms with Crippen molar-refractivity contribution in [3.05, 3.63) is 0 Å². The second-order valence-electron chi connectivity index (χ2n) is 4.42. The summed E-state index contributed by atoms with van der Waals surface area (Å²) in [5.41, 5.74) is 0. The minimum atomic E-state index is 0.246. The monoisotopic (exact) mass is 216 g/mol. The molecule has 0 bridgehead atoms. The van der Waals surface area contributed by atoms with Gasteiger partial charge in [0.1, 0.15) is 5.78 Å². The number of Topliss-reactive ketones (excluding diaryl/α,β-unsaturated/α-hetero) is 1. The van der Waals surface area contributed by atoms with Crippen LogP contribution in [0.15, 0.2) is 0 Å². The molecule has 0 amide bonds. The Balaban J connectivity index is 3.20. The third-order valence-corrected chi connectivity index (χ3v) is 1.84. The molecule has 90 valence electrons. The molecule has 0 unspecified atom stereocenters. The molecule has 0 rings (SSSR count). The zero-order valence-corrected chi connectivity index (χ0v) is 10.4. The molecular formula is C12H24O3. The molecule has 0 spiro atoms. The predicted molar refractivity (Wildman–Crippen MR) is 61.0 cm³/mol. The van der Waals surface area contributed by atoms with Gasteiger partial charge < -0.3 is 9.47 Å². The van der Waals surface area contributed by atoms with E-state index >= 15 is 0 Å². The molecule has 0 saturated carbocycles. The summed E-state index contributed by atoms with van der Waals surface area (Å²) in [5, 5.41) is 0. The van der Waals surface area contributed by atoms with E-state index < -0.39 is 0 Å². The SMILES string of the molecule is CC(C)CC(=O)CCOCCOC(C)C. The fourth-order valence-electron chi connectivity index (χ4n) is 1.19. The third-order valence-electron chi connectivity index (χ3n) is 1.84. The van der Waals surface area contributed by atoms with E-state index in [1.165, 1.54) is 0 Å². The zero-order valence-electron chi connectivity index (χ0n) is 10.4. The summed E-state index contributed by atoms with van der Waals surface area (Å²) in [5.74, 6) is 0.733. The van der Waals surface area contributed by atoms with E-state index in [2.05, 4.69) is 13.8 Å². The van der Waals surface area contributed by atoms with Gasteiger partial charge in [0.25, 0.3) is 0 Å². The summed E-state index contributed by atoms with van der Waals surface area (Å²) in [6, 6.07) is 0. The molecule has 0 aliphatic heterocycles. The first kappa shape index (κ1) is 14.6. The van der Waals surface area contributed by atoms with Crippen molar-refractivity contribution >= 4 is 5.78 Å². The highest BCUT2D eigenvalue weighted by atomic mass is 16.5. The molecule has 3 nitrogen and oxygen atoms in total. The van der Waals surface area contributed by atoms with Crippen LogP contribution < -0.4 is 0 Å². The number of carbonyl (C=O) groups excluding carboxylic acids is 1. The maximum absolute atomic E-state index is 11.3. The van der Waals surface area contributed by atoms with Gasteiger partial charge in [-0.15, -0.1) is 0 Å². The lowest BCUT2D eigenvalue weighted by Gasteiger charge is -2.08. The second kappa shape index (κ2) is 8.86. The van der Waals surface area contributed by atoms with Crippen molar-refractivity contribution in [2.45, 2.75) is 46.6 Å². The highest BCUT2D eigenvalue weighted by Gasteiger charge is 2.04. The molecule has 0 fully saturated rings. The largest absolute Gasteiger partial charge is 0.379 e. The molecule has 0 atom stereocenters. The summed E-state index contributed by atoms with van der Waals surface area (Å²) in [4.78, 5) is 11.3.